The van der Waals surface area contributed by atoms with E-state index in [-0.39, 0.29) is 35.1 Å². The van der Waals surface area contributed by atoms with E-state index < -0.39 is 11.7 Å². The highest BCUT2D eigenvalue weighted by atomic mass is 19.1. The van der Waals surface area contributed by atoms with E-state index in [4.69, 9.17) is 11.5 Å². The zero-order valence-electron chi connectivity index (χ0n) is 17.3. The molecule has 0 spiro atoms. The molecule has 1 aliphatic rings. The number of nitrogens with two attached hydrogens (primary N) is 2. The Hall–Kier alpha value is -3.59. The minimum Gasteiger partial charge on any atom is -0.365 e. The number of aromatic nitrogens is 2. The highest BCUT2D eigenvalue weighted by molar-refractivity contribution is 5.98. The van der Waals surface area contributed by atoms with Gasteiger partial charge in [0.15, 0.2) is 11.6 Å². The van der Waals surface area contributed by atoms with E-state index in [0.717, 1.165) is 31.7 Å². The number of hydrogen-bond donors (Lipinski definition) is 4. The molecule has 166 valence electrons. The number of halogens is 2. The fourth-order valence-electron chi connectivity index (χ4n) is 3.88. The van der Waals surface area contributed by atoms with Crippen molar-refractivity contribution in [1.82, 2.24) is 9.97 Å². The third-order valence-corrected chi connectivity index (χ3v) is 5.57. The number of carbonyl (C=O) groups is 1. The maximum atomic E-state index is 14.7. The molecule has 0 saturated heterocycles. The molecule has 0 radical (unpaired) electrons. The third-order valence-electron chi connectivity index (χ3n) is 5.57. The molecule has 0 aliphatic heterocycles. The summed E-state index contributed by atoms with van der Waals surface area (Å²) in [6.45, 7) is 0. The van der Waals surface area contributed by atoms with E-state index in [2.05, 4.69) is 20.6 Å². The van der Waals surface area contributed by atoms with Crippen LogP contribution >= 0.6 is 0 Å². The highest BCUT2D eigenvalue weighted by Crippen LogP contribution is 2.29. The van der Waals surface area contributed by atoms with Gasteiger partial charge >= 0.3 is 0 Å². The summed E-state index contributed by atoms with van der Waals surface area (Å²) in [7, 11) is 0. The molecule has 1 saturated carbocycles. The van der Waals surface area contributed by atoms with Gasteiger partial charge < -0.3 is 22.1 Å². The van der Waals surface area contributed by atoms with Gasteiger partial charge in [0.25, 0.3) is 5.91 Å². The molecule has 32 heavy (non-hydrogen) atoms. The molecular weight excluding hydrogens is 414 g/mol. The summed E-state index contributed by atoms with van der Waals surface area (Å²) in [5, 5.41) is 6.03. The van der Waals surface area contributed by atoms with Crippen LogP contribution in [0.2, 0.25) is 0 Å². The second kappa shape index (κ2) is 9.27. The topological polar surface area (TPSA) is 119 Å². The number of rotatable bonds is 6. The van der Waals surface area contributed by atoms with Gasteiger partial charge in [-0.05, 0) is 31.0 Å². The van der Waals surface area contributed by atoms with E-state index >= 15 is 0 Å². The third kappa shape index (κ3) is 4.67. The first-order chi connectivity index (χ1) is 15.4. The van der Waals surface area contributed by atoms with Crippen LogP contribution in [0.1, 0.15) is 36.0 Å². The lowest BCUT2D eigenvalue weighted by Gasteiger charge is -2.30. The lowest BCUT2D eigenvalue weighted by molar-refractivity contribution is 0.100. The number of pyridine rings is 2. The Kier molecular flexibility index (Phi) is 6.27. The molecule has 1 fully saturated rings. The van der Waals surface area contributed by atoms with Gasteiger partial charge in [0.2, 0.25) is 0 Å². The number of amides is 1. The number of hydrogen-bond acceptors (Lipinski definition) is 6. The normalized spacial score (nSPS) is 18.2. The molecule has 2 heterocycles. The van der Waals surface area contributed by atoms with Crippen molar-refractivity contribution in [3.63, 3.8) is 0 Å². The molecule has 7 nitrogen and oxygen atoms in total. The van der Waals surface area contributed by atoms with Crippen molar-refractivity contribution in [3.8, 4) is 11.1 Å². The summed E-state index contributed by atoms with van der Waals surface area (Å²) in [6, 6.07) is 8.78. The van der Waals surface area contributed by atoms with Crippen LogP contribution in [0.25, 0.3) is 11.1 Å². The number of anilines is 3. The molecule has 1 amide bonds. The van der Waals surface area contributed by atoms with Gasteiger partial charge in [0.1, 0.15) is 11.6 Å². The summed E-state index contributed by atoms with van der Waals surface area (Å²) in [5.74, 6) is -1.87. The fourth-order valence-corrected chi connectivity index (χ4v) is 3.88. The number of carbonyl (C=O) groups excluding carboxylic acids is 1. The summed E-state index contributed by atoms with van der Waals surface area (Å²) < 4.78 is 28.9. The lowest BCUT2D eigenvalue weighted by atomic mass is 9.91. The Labute approximate surface area is 184 Å². The molecule has 9 heteroatoms. The second-order valence-electron chi connectivity index (χ2n) is 7.85. The minimum atomic E-state index is -0.835. The van der Waals surface area contributed by atoms with E-state index in [9.17, 15) is 13.6 Å². The first-order valence-electron chi connectivity index (χ1n) is 10.4. The Morgan fingerprint density at radius 1 is 1.03 bits per heavy atom. The lowest BCUT2D eigenvalue weighted by Crippen LogP contribution is -2.43. The predicted octanol–water partition coefficient (Wildman–Crippen LogP) is 3.95. The Balaban J connectivity index is 1.66. The van der Waals surface area contributed by atoms with Gasteiger partial charge in [-0.25, -0.2) is 13.8 Å². The smallest absolute Gasteiger partial charge is 0.252 e. The monoisotopic (exact) mass is 438 g/mol. The van der Waals surface area contributed by atoms with Crippen molar-refractivity contribution in [2.45, 2.75) is 37.8 Å². The van der Waals surface area contributed by atoms with Crippen LogP contribution in [-0.4, -0.2) is 28.0 Å². The van der Waals surface area contributed by atoms with Crippen molar-refractivity contribution >= 4 is 23.2 Å². The summed E-state index contributed by atoms with van der Waals surface area (Å²) in [5.41, 5.74) is 12.8. The number of nitrogens with zero attached hydrogens (tertiary/aromatic N) is 2. The van der Waals surface area contributed by atoms with Crippen molar-refractivity contribution < 1.29 is 13.6 Å². The zero-order valence-corrected chi connectivity index (χ0v) is 17.3. The molecule has 2 aromatic heterocycles. The molecule has 6 N–H and O–H groups in total. The van der Waals surface area contributed by atoms with E-state index in [1.165, 1.54) is 18.5 Å². The highest BCUT2D eigenvalue weighted by Gasteiger charge is 2.24. The van der Waals surface area contributed by atoms with Gasteiger partial charge in [-0.2, -0.15) is 0 Å². The molecule has 4 rings (SSSR count). The average molecular weight is 438 g/mol. The molecule has 1 aromatic carbocycles. The summed E-state index contributed by atoms with van der Waals surface area (Å²) in [6.07, 6.45) is 6.69. The molecule has 1 aliphatic carbocycles. The van der Waals surface area contributed by atoms with Gasteiger partial charge in [0, 0.05) is 29.4 Å². The van der Waals surface area contributed by atoms with Crippen molar-refractivity contribution in [2.75, 3.05) is 10.6 Å². The van der Waals surface area contributed by atoms with Gasteiger partial charge in [-0.3, -0.25) is 9.78 Å². The van der Waals surface area contributed by atoms with Crippen molar-refractivity contribution in [1.29, 1.82) is 0 Å². The van der Waals surface area contributed by atoms with Crippen LogP contribution in [0.5, 0.6) is 0 Å². The quantitative estimate of drug-likeness (QED) is 0.463. The number of benzene rings is 1. The van der Waals surface area contributed by atoms with E-state index in [1.807, 2.05) is 0 Å². The van der Waals surface area contributed by atoms with Gasteiger partial charge in [0.05, 0.1) is 17.4 Å². The van der Waals surface area contributed by atoms with Gasteiger partial charge in [-0.15, -0.1) is 0 Å². The van der Waals surface area contributed by atoms with Crippen molar-refractivity contribution in [2.24, 2.45) is 11.5 Å². The molecule has 2 atom stereocenters. The second-order valence-corrected chi connectivity index (χ2v) is 7.85. The Bertz CT molecular complexity index is 1140. The zero-order chi connectivity index (χ0) is 22.7. The van der Waals surface area contributed by atoms with Gasteiger partial charge in [-0.1, -0.05) is 31.0 Å². The fraction of sp³-hybridized carbons (Fsp3) is 0.261. The van der Waals surface area contributed by atoms with Crippen LogP contribution in [-0.2, 0) is 0 Å². The summed E-state index contributed by atoms with van der Waals surface area (Å²) >= 11 is 0. The number of primary amides is 1. The molecular formula is C23H24F2N6O. The van der Waals surface area contributed by atoms with Crippen LogP contribution in [0.15, 0.2) is 48.8 Å². The summed E-state index contributed by atoms with van der Waals surface area (Å²) in [4.78, 5) is 20.3. The Morgan fingerprint density at radius 3 is 2.56 bits per heavy atom. The maximum Gasteiger partial charge on any atom is 0.252 e. The van der Waals surface area contributed by atoms with Crippen LogP contribution in [0, 0.1) is 11.6 Å². The standard InChI is InChI=1S/C23H24F2N6O/c24-17-6-2-1-5-15(17)13-9-14(12-28-11-13)29-22-16(21(27)32)10-18(25)23(31-22)30-20-8-4-3-7-19(20)26/h1-2,5-6,9-12,19-20H,3-4,7-8,26H2,(H2,27,32)(H2,29,30,31). The van der Waals surface area contributed by atoms with E-state index in [1.54, 1.807) is 24.3 Å². The van der Waals surface area contributed by atoms with Crippen LogP contribution in [0.3, 0.4) is 0 Å². The van der Waals surface area contributed by atoms with Crippen molar-refractivity contribution in [3.05, 3.63) is 66.0 Å². The largest absolute Gasteiger partial charge is 0.365 e. The first kappa shape index (κ1) is 21.6. The predicted molar refractivity (Wildman–Crippen MR) is 119 cm³/mol. The molecule has 0 bridgehead atoms. The molecule has 3 aromatic rings. The first-order valence-corrected chi connectivity index (χ1v) is 10.4. The average Bonchev–Trinajstić information content (AvgIpc) is 2.77. The SMILES string of the molecule is NC(=O)c1cc(F)c(NC2CCCCC2N)nc1Nc1cncc(-c2ccccc2F)c1. The van der Waals surface area contributed by atoms with E-state index in [0.29, 0.717) is 16.8 Å². The maximum absolute atomic E-state index is 14.7. The van der Waals surface area contributed by atoms with Crippen LogP contribution < -0.4 is 22.1 Å². The minimum absolute atomic E-state index is 0.0157. The molecule has 2 unspecified atom stereocenters. The number of nitrogens with one attached hydrogen (secondary N) is 2. The Morgan fingerprint density at radius 2 is 1.81 bits per heavy atom. The van der Waals surface area contributed by atoms with Crippen LogP contribution in [0.4, 0.5) is 26.1 Å².